The van der Waals surface area contributed by atoms with E-state index < -0.39 is 0 Å². The summed E-state index contributed by atoms with van der Waals surface area (Å²) < 4.78 is 11.0. The van der Waals surface area contributed by atoms with Crippen LogP contribution in [-0.4, -0.2) is 12.1 Å². The number of hydrogen-bond donors (Lipinski definition) is 0. The Bertz CT molecular complexity index is 413. The lowest BCUT2D eigenvalue weighted by atomic mass is 9.92. The molecule has 1 saturated heterocycles. The third-order valence-electron chi connectivity index (χ3n) is 3.08. The lowest BCUT2D eigenvalue weighted by Gasteiger charge is -2.31. The van der Waals surface area contributed by atoms with E-state index in [-0.39, 0.29) is 24.3 Å². The van der Waals surface area contributed by atoms with Crippen molar-refractivity contribution < 1.29 is 14.3 Å². The lowest BCUT2D eigenvalue weighted by molar-refractivity contribution is -0.143. The van der Waals surface area contributed by atoms with Crippen molar-refractivity contribution in [2.75, 3.05) is 0 Å². The van der Waals surface area contributed by atoms with Gasteiger partial charge in [0.05, 0.1) is 12.5 Å². The van der Waals surface area contributed by atoms with Gasteiger partial charge < -0.3 is 9.47 Å². The maximum absolute atomic E-state index is 11.2. The van der Waals surface area contributed by atoms with E-state index in [1.165, 1.54) is 0 Å². The molecule has 1 aromatic carbocycles. The molecule has 78 valence electrons. The molecule has 2 aliphatic rings. The van der Waals surface area contributed by atoms with E-state index >= 15 is 0 Å². The molecule has 3 rings (SSSR count). The number of carbonyl (C=O) groups is 1. The largest absolute Gasteiger partial charge is 0.455 e. The summed E-state index contributed by atoms with van der Waals surface area (Å²) in [7, 11) is 0. The van der Waals surface area contributed by atoms with Gasteiger partial charge in [-0.1, -0.05) is 24.3 Å². The van der Waals surface area contributed by atoms with Gasteiger partial charge >= 0.3 is 5.97 Å². The normalized spacial score (nSPS) is 33.1. The summed E-state index contributed by atoms with van der Waals surface area (Å²) in [6.45, 7) is 2.01. The number of rotatable bonds is 0. The second-order valence-corrected chi connectivity index (χ2v) is 4.06. The molecule has 0 radical (unpaired) electrons. The van der Waals surface area contributed by atoms with Gasteiger partial charge in [-0.15, -0.1) is 0 Å². The highest BCUT2D eigenvalue weighted by Gasteiger charge is 2.42. The summed E-state index contributed by atoms with van der Waals surface area (Å²) in [5, 5.41) is 0. The Morgan fingerprint density at radius 2 is 2.00 bits per heavy atom. The maximum atomic E-state index is 11.2. The molecule has 0 amide bonds. The fourth-order valence-electron chi connectivity index (χ4n) is 2.40. The zero-order chi connectivity index (χ0) is 10.4. The van der Waals surface area contributed by atoms with E-state index in [1.807, 2.05) is 31.2 Å². The molecule has 3 nitrogen and oxygen atoms in total. The van der Waals surface area contributed by atoms with E-state index in [0.717, 1.165) is 11.1 Å². The molecule has 0 unspecified atom stereocenters. The van der Waals surface area contributed by atoms with Gasteiger partial charge in [0.2, 0.25) is 0 Å². The molecular weight excluding hydrogens is 192 g/mol. The molecular formula is C12H12O3. The average molecular weight is 204 g/mol. The average Bonchev–Trinajstić information content (AvgIpc) is 2.59. The minimum absolute atomic E-state index is 0.0527. The van der Waals surface area contributed by atoms with Gasteiger partial charge in [0.15, 0.2) is 6.10 Å². The molecule has 3 heteroatoms. The van der Waals surface area contributed by atoms with Gasteiger partial charge in [-0.25, -0.2) is 0 Å². The SMILES string of the molecule is C[C@H]1O[C@H]2CC(=O)O[C@H]2c2ccccc21. The van der Waals surface area contributed by atoms with Crippen LogP contribution in [0.3, 0.4) is 0 Å². The fourth-order valence-corrected chi connectivity index (χ4v) is 2.40. The first kappa shape index (κ1) is 8.92. The Labute approximate surface area is 88.0 Å². The Balaban J connectivity index is 2.08. The molecule has 0 aliphatic carbocycles. The van der Waals surface area contributed by atoms with E-state index in [9.17, 15) is 4.79 Å². The second-order valence-electron chi connectivity index (χ2n) is 4.06. The fraction of sp³-hybridized carbons (Fsp3) is 0.417. The third kappa shape index (κ3) is 1.27. The van der Waals surface area contributed by atoms with Crippen molar-refractivity contribution in [3.63, 3.8) is 0 Å². The Morgan fingerprint density at radius 3 is 2.80 bits per heavy atom. The van der Waals surface area contributed by atoms with Crippen LogP contribution in [0.4, 0.5) is 0 Å². The number of esters is 1. The van der Waals surface area contributed by atoms with Crippen LogP contribution < -0.4 is 0 Å². The lowest BCUT2D eigenvalue weighted by Crippen LogP contribution is -2.26. The molecule has 0 spiro atoms. The van der Waals surface area contributed by atoms with E-state index in [2.05, 4.69) is 0 Å². The van der Waals surface area contributed by atoms with E-state index in [0.29, 0.717) is 6.42 Å². The number of fused-ring (bicyclic) bond motifs is 3. The summed E-state index contributed by atoms with van der Waals surface area (Å²) >= 11 is 0. The highest BCUT2D eigenvalue weighted by molar-refractivity contribution is 5.73. The van der Waals surface area contributed by atoms with Crippen LogP contribution in [0.5, 0.6) is 0 Å². The first-order valence-corrected chi connectivity index (χ1v) is 5.19. The van der Waals surface area contributed by atoms with Crippen LogP contribution in [0.15, 0.2) is 24.3 Å². The van der Waals surface area contributed by atoms with E-state index in [1.54, 1.807) is 0 Å². The van der Waals surface area contributed by atoms with Crippen LogP contribution in [0, 0.1) is 0 Å². The van der Waals surface area contributed by atoms with Crippen LogP contribution in [0.2, 0.25) is 0 Å². The summed E-state index contributed by atoms with van der Waals surface area (Å²) in [6, 6.07) is 8.00. The standard InChI is InChI=1S/C12H12O3/c1-7-8-4-2-3-5-9(8)12-10(14-7)6-11(13)15-12/h2-5,7,10,12H,6H2,1H3/t7-,10+,12+/m1/s1. The topological polar surface area (TPSA) is 35.5 Å². The predicted molar refractivity (Wildman–Crippen MR) is 53.2 cm³/mol. The predicted octanol–water partition coefficient (Wildman–Crippen LogP) is 2.13. The summed E-state index contributed by atoms with van der Waals surface area (Å²) in [5.41, 5.74) is 2.24. The van der Waals surface area contributed by atoms with Crippen LogP contribution in [0.25, 0.3) is 0 Å². The Kier molecular flexibility index (Phi) is 1.83. The van der Waals surface area contributed by atoms with Gasteiger partial charge in [-0.05, 0) is 12.5 Å². The summed E-state index contributed by atoms with van der Waals surface area (Å²) in [4.78, 5) is 11.2. The van der Waals surface area contributed by atoms with E-state index in [4.69, 9.17) is 9.47 Å². The molecule has 15 heavy (non-hydrogen) atoms. The highest BCUT2D eigenvalue weighted by Crippen LogP contribution is 2.42. The smallest absolute Gasteiger partial charge is 0.309 e. The molecule has 1 fully saturated rings. The number of benzene rings is 1. The zero-order valence-electron chi connectivity index (χ0n) is 8.47. The third-order valence-corrected chi connectivity index (χ3v) is 3.08. The van der Waals surface area contributed by atoms with Crippen LogP contribution in [0.1, 0.15) is 36.7 Å². The number of ether oxygens (including phenoxy) is 2. The summed E-state index contributed by atoms with van der Waals surface area (Å²) in [5.74, 6) is -0.158. The first-order valence-electron chi connectivity index (χ1n) is 5.19. The van der Waals surface area contributed by atoms with Crippen molar-refractivity contribution in [3.05, 3.63) is 35.4 Å². The van der Waals surface area contributed by atoms with Gasteiger partial charge in [0.25, 0.3) is 0 Å². The van der Waals surface area contributed by atoms with Crippen molar-refractivity contribution in [2.24, 2.45) is 0 Å². The molecule has 2 aliphatic heterocycles. The molecule has 0 aromatic heterocycles. The minimum Gasteiger partial charge on any atom is -0.455 e. The minimum atomic E-state index is -0.190. The first-order chi connectivity index (χ1) is 7.25. The number of carbonyl (C=O) groups excluding carboxylic acids is 1. The Hall–Kier alpha value is -1.35. The molecule has 3 atom stereocenters. The van der Waals surface area contributed by atoms with Crippen LogP contribution in [-0.2, 0) is 14.3 Å². The quantitative estimate of drug-likeness (QED) is 0.607. The molecule has 0 N–H and O–H groups in total. The zero-order valence-corrected chi connectivity index (χ0v) is 8.47. The van der Waals surface area contributed by atoms with Crippen LogP contribution >= 0.6 is 0 Å². The molecule has 0 saturated carbocycles. The number of hydrogen-bond acceptors (Lipinski definition) is 3. The van der Waals surface area contributed by atoms with Crippen molar-refractivity contribution >= 4 is 5.97 Å². The van der Waals surface area contributed by atoms with Gasteiger partial charge in [-0.3, -0.25) is 4.79 Å². The Morgan fingerprint density at radius 1 is 1.27 bits per heavy atom. The highest BCUT2D eigenvalue weighted by atomic mass is 16.6. The summed E-state index contributed by atoms with van der Waals surface area (Å²) in [6.07, 6.45) is 0.146. The monoisotopic (exact) mass is 204 g/mol. The van der Waals surface area contributed by atoms with Crippen molar-refractivity contribution in [2.45, 2.75) is 31.7 Å². The van der Waals surface area contributed by atoms with Crippen molar-refractivity contribution in [3.8, 4) is 0 Å². The maximum Gasteiger partial charge on any atom is 0.309 e. The second kappa shape index (κ2) is 3.07. The van der Waals surface area contributed by atoms with Gasteiger partial charge in [-0.2, -0.15) is 0 Å². The van der Waals surface area contributed by atoms with Crippen molar-refractivity contribution in [1.82, 2.24) is 0 Å². The molecule has 0 bridgehead atoms. The van der Waals surface area contributed by atoms with Gasteiger partial charge in [0, 0.05) is 5.56 Å². The van der Waals surface area contributed by atoms with Gasteiger partial charge in [0.1, 0.15) is 6.10 Å². The molecule has 1 aromatic rings. The molecule has 2 heterocycles. The van der Waals surface area contributed by atoms with Crippen molar-refractivity contribution in [1.29, 1.82) is 0 Å².